The predicted octanol–water partition coefficient (Wildman–Crippen LogP) is -3.45. The van der Waals surface area contributed by atoms with E-state index in [1.807, 2.05) is 5.16 Å². The van der Waals surface area contributed by atoms with Crippen molar-refractivity contribution in [2.45, 2.75) is 10.5 Å². The van der Waals surface area contributed by atoms with Gasteiger partial charge in [-0.05, 0) is 53.8 Å². The summed E-state index contributed by atoms with van der Waals surface area (Å²) in [4.78, 5) is 7.28. The van der Waals surface area contributed by atoms with Gasteiger partial charge in [0.1, 0.15) is 20.2 Å². The molecular weight excluding hydrogens is 490 g/mol. The standard InChI is InChI=1S/C16H12N2O6S4.2Na/c19-27(20,21)16(28(22,23)24)9-15(18-11-26)8-5-13(16)4-1-12-2-6-14(7-3-12)17-10-25;;/h1-8H,9H2,(H,19,20,21)(H,22,23,24);;/q;2*+1/p-2. The third-order valence-corrected chi connectivity index (χ3v) is 7.61. The van der Waals surface area contributed by atoms with Gasteiger partial charge in [-0.15, -0.1) is 0 Å². The van der Waals surface area contributed by atoms with E-state index in [1.165, 1.54) is 12.2 Å². The first-order valence-corrected chi connectivity index (χ1v) is 10.9. The summed E-state index contributed by atoms with van der Waals surface area (Å²) in [5, 5.41) is 4.14. The van der Waals surface area contributed by atoms with E-state index in [2.05, 4.69) is 39.6 Å². The van der Waals surface area contributed by atoms with Gasteiger partial charge in [0.15, 0.2) is 4.08 Å². The molecule has 1 aromatic rings. The van der Waals surface area contributed by atoms with Crippen molar-refractivity contribution in [1.29, 1.82) is 0 Å². The van der Waals surface area contributed by atoms with Crippen LogP contribution in [0.15, 0.2) is 63.7 Å². The Morgan fingerprint density at radius 1 is 0.900 bits per heavy atom. The minimum atomic E-state index is -5.63. The summed E-state index contributed by atoms with van der Waals surface area (Å²) in [5.74, 6) is 0. The number of nitrogens with zero attached hydrogens (tertiary/aromatic N) is 2. The number of allylic oxidation sites excluding steroid dienone is 4. The maximum atomic E-state index is 11.9. The summed E-state index contributed by atoms with van der Waals surface area (Å²) in [7, 11) is -11.3. The van der Waals surface area contributed by atoms with Crippen LogP contribution in [0.3, 0.4) is 0 Å². The number of hydrogen-bond acceptors (Lipinski definition) is 10. The van der Waals surface area contributed by atoms with Crippen molar-refractivity contribution in [1.82, 2.24) is 0 Å². The molecule has 0 spiro atoms. The Hall–Kier alpha value is -0.140. The molecular formula is C16H10N2Na2O6S4. The van der Waals surface area contributed by atoms with Crippen LogP contribution in [0.2, 0.25) is 0 Å². The van der Waals surface area contributed by atoms with E-state index in [1.54, 1.807) is 24.3 Å². The average molecular weight is 501 g/mol. The summed E-state index contributed by atoms with van der Waals surface area (Å²) in [5.41, 5.74) is 0.375. The Morgan fingerprint density at radius 2 is 1.43 bits per heavy atom. The SMILES string of the molecule is O=S(=O)([O-])C1(S(=O)(=O)[O-])CC(N=C=S)=CC=C1C=Cc1ccc(N=C=S)cc1.[Na+].[Na+]. The van der Waals surface area contributed by atoms with Gasteiger partial charge in [-0.25, -0.2) is 16.8 Å². The van der Waals surface area contributed by atoms with Crippen LogP contribution in [-0.4, -0.2) is 40.3 Å². The number of thiocarbonyl (C=S) groups is 2. The zero-order chi connectivity index (χ0) is 21.0. The molecule has 0 aromatic heterocycles. The first-order valence-electron chi connectivity index (χ1n) is 7.31. The number of hydrogen-bond donors (Lipinski definition) is 0. The van der Waals surface area contributed by atoms with Crippen molar-refractivity contribution >= 4 is 66.8 Å². The fourth-order valence-electron chi connectivity index (χ4n) is 2.52. The summed E-state index contributed by atoms with van der Waals surface area (Å²) in [6, 6.07) is 6.34. The summed E-state index contributed by atoms with van der Waals surface area (Å²) >= 11 is 8.89. The van der Waals surface area contributed by atoms with E-state index in [9.17, 15) is 25.9 Å². The van der Waals surface area contributed by atoms with Crippen LogP contribution in [0.1, 0.15) is 12.0 Å². The Bertz CT molecular complexity index is 1160. The molecule has 0 radical (unpaired) electrons. The third-order valence-electron chi connectivity index (χ3n) is 3.83. The van der Waals surface area contributed by atoms with Crippen LogP contribution in [0.25, 0.3) is 6.08 Å². The fraction of sp³-hybridized carbons (Fsp3) is 0.125. The van der Waals surface area contributed by atoms with Gasteiger partial charge in [0.25, 0.3) is 0 Å². The summed E-state index contributed by atoms with van der Waals surface area (Å²) < 4.78 is 68.1. The van der Waals surface area contributed by atoms with E-state index < -0.39 is 36.3 Å². The molecule has 1 aromatic carbocycles. The monoisotopic (exact) mass is 500 g/mol. The molecule has 0 aliphatic heterocycles. The van der Waals surface area contributed by atoms with Crippen LogP contribution < -0.4 is 59.1 Å². The van der Waals surface area contributed by atoms with Gasteiger partial charge < -0.3 is 9.11 Å². The molecule has 146 valence electrons. The normalized spacial score (nSPS) is 15.4. The minimum absolute atomic E-state index is 0. The molecule has 0 saturated heterocycles. The van der Waals surface area contributed by atoms with Crippen LogP contribution >= 0.6 is 24.4 Å². The number of aliphatic imine (C=N–C) groups is 2. The minimum Gasteiger partial charge on any atom is -0.746 e. The third kappa shape index (κ3) is 6.68. The Balaban J connectivity index is 0.00000420. The zero-order valence-corrected chi connectivity index (χ0v) is 23.1. The van der Waals surface area contributed by atoms with Gasteiger partial charge in [0.05, 0.1) is 21.7 Å². The second kappa shape index (κ2) is 12.2. The van der Waals surface area contributed by atoms with Crippen molar-refractivity contribution in [3.05, 3.63) is 59.3 Å². The van der Waals surface area contributed by atoms with E-state index >= 15 is 0 Å². The molecule has 8 nitrogen and oxygen atoms in total. The summed E-state index contributed by atoms with van der Waals surface area (Å²) in [6.45, 7) is 0. The second-order valence-electron chi connectivity index (χ2n) is 5.45. The van der Waals surface area contributed by atoms with Crippen LogP contribution in [0, 0.1) is 0 Å². The second-order valence-corrected chi connectivity index (χ2v) is 9.28. The molecule has 0 fully saturated rings. The van der Waals surface area contributed by atoms with Crippen molar-refractivity contribution in [2.75, 3.05) is 0 Å². The largest absolute Gasteiger partial charge is 1.00 e. The van der Waals surface area contributed by atoms with Gasteiger partial charge in [-0.1, -0.05) is 30.4 Å². The van der Waals surface area contributed by atoms with E-state index in [-0.39, 0.29) is 64.8 Å². The molecule has 0 amide bonds. The molecule has 0 heterocycles. The van der Waals surface area contributed by atoms with Gasteiger partial charge in [-0.2, -0.15) is 9.98 Å². The topological polar surface area (TPSA) is 139 Å². The zero-order valence-electron chi connectivity index (χ0n) is 15.8. The van der Waals surface area contributed by atoms with Crippen LogP contribution in [-0.2, 0) is 20.2 Å². The van der Waals surface area contributed by atoms with Crippen molar-refractivity contribution < 1.29 is 85.1 Å². The molecule has 30 heavy (non-hydrogen) atoms. The number of rotatable bonds is 6. The van der Waals surface area contributed by atoms with Gasteiger partial charge >= 0.3 is 59.1 Å². The van der Waals surface area contributed by atoms with E-state index in [0.717, 1.165) is 12.2 Å². The quantitative estimate of drug-likeness (QED) is 0.170. The van der Waals surface area contributed by atoms with Gasteiger partial charge in [-0.3, -0.25) is 0 Å². The first kappa shape index (κ1) is 29.9. The van der Waals surface area contributed by atoms with E-state index in [0.29, 0.717) is 11.3 Å². The molecule has 1 aliphatic rings. The Kier molecular flexibility index (Phi) is 12.1. The Labute approximate surface area is 229 Å². The van der Waals surface area contributed by atoms with Gasteiger partial charge in [0, 0.05) is 6.42 Å². The smallest absolute Gasteiger partial charge is 0.746 e. The molecule has 14 heteroatoms. The maximum absolute atomic E-state index is 11.9. The average Bonchev–Trinajstić information content (AvgIpc) is 2.60. The van der Waals surface area contributed by atoms with Crippen LogP contribution in [0.5, 0.6) is 0 Å². The predicted molar refractivity (Wildman–Crippen MR) is 108 cm³/mol. The molecule has 0 saturated carbocycles. The number of isothiocyanates is 2. The molecule has 0 unspecified atom stereocenters. The maximum Gasteiger partial charge on any atom is 1.00 e. The van der Waals surface area contributed by atoms with Crippen molar-refractivity contribution in [2.24, 2.45) is 9.98 Å². The molecule has 1 aliphatic carbocycles. The van der Waals surface area contributed by atoms with Crippen LogP contribution in [0.4, 0.5) is 5.69 Å². The molecule has 0 N–H and O–H groups in total. The molecule has 2 rings (SSSR count). The molecule has 0 bridgehead atoms. The molecule has 0 atom stereocenters. The first-order chi connectivity index (χ1) is 13.0. The van der Waals surface area contributed by atoms with Crippen molar-refractivity contribution in [3.63, 3.8) is 0 Å². The summed E-state index contributed by atoms with van der Waals surface area (Å²) in [6.07, 6.45) is 3.75. The van der Waals surface area contributed by atoms with Gasteiger partial charge in [0.2, 0.25) is 0 Å². The fourth-order valence-corrected chi connectivity index (χ4v) is 5.24. The number of benzene rings is 1. The Morgan fingerprint density at radius 3 is 1.90 bits per heavy atom. The van der Waals surface area contributed by atoms with Crippen molar-refractivity contribution in [3.8, 4) is 0 Å². The van der Waals surface area contributed by atoms with E-state index in [4.69, 9.17) is 0 Å².